The minimum absolute atomic E-state index is 0.0522. The highest BCUT2D eigenvalue weighted by atomic mass is 32.1. The molecular formula is C44H26N8S8. The minimum Gasteiger partial charge on any atom is -0.241 e. The number of rotatable bonds is 12. The average molecular weight is 923 g/mol. The predicted molar refractivity (Wildman–Crippen MR) is 255 cm³/mol. The normalized spacial score (nSPS) is 11.0. The van der Waals surface area contributed by atoms with Gasteiger partial charge in [-0.05, 0) is 83.3 Å². The molecule has 8 nitrogen and oxygen atoms in total. The van der Waals surface area contributed by atoms with Gasteiger partial charge in [0.05, 0.1) is 9.75 Å². The SMILES string of the molecule is CCCc1c(-c2ccc(-c3cnc(-c4ncc(C=C(C#N)C#N)s4)s3)s2)sc2cc3c(CCC)c(-c4ccc(-c5cnc(-c6ncc(C=C(C#N)C#N)s6)s5)s4)sc3cc12. The number of nitriles is 4. The van der Waals surface area contributed by atoms with Gasteiger partial charge < -0.3 is 0 Å². The Kier molecular flexibility index (Phi) is 11.5. The molecule has 9 aromatic rings. The summed E-state index contributed by atoms with van der Waals surface area (Å²) >= 11 is 13.4. The van der Waals surface area contributed by atoms with Crippen LogP contribution in [0.1, 0.15) is 47.6 Å². The van der Waals surface area contributed by atoms with Crippen molar-refractivity contribution in [3.63, 3.8) is 0 Å². The van der Waals surface area contributed by atoms with Gasteiger partial charge in [-0.25, -0.2) is 19.9 Å². The number of aromatic nitrogens is 4. The topological polar surface area (TPSA) is 147 Å². The second-order valence-electron chi connectivity index (χ2n) is 13.2. The van der Waals surface area contributed by atoms with Crippen molar-refractivity contribution in [1.29, 1.82) is 21.0 Å². The number of thiophene rings is 4. The highest BCUT2D eigenvalue weighted by Crippen LogP contribution is 2.50. The van der Waals surface area contributed by atoms with Gasteiger partial charge in [-0.2, -0.15) is 21.0 Å². The monoisotopic (exact) mass is 922 g/mol. The maximum Gasteiger partial charge on any atom is 0.152 e. The predicted octanol–water partition coefficient (Wildman–Crippen LogP) is 14.8. The lowest BCUT2D eigenvalue weighted by Gasteiger charge is -2.03. The van der Waals surface area contributed by atoms with Crippen LogP contribution in [0, 0.1) is 45.3 Å². The number of fused-ring (bicyclic) bond motifs is 2. The number of allylic oxidation sites excluding steroid dienone is 2. The van der Waals surface area contributed by atoms with Gasteiger partial charge in [-0.1, -0.05) is 26.7 Å². The van der Waals surface area contributed by atoms with Gasteiger partial charge in [0, 0.05) is 73.2 Å². The second-order valence-corrected chi connectivity index (χ2v) is 21.7. The first-order valence-electron chi connectivity index (χ1n) is 18.5. The molecule has 0 atom stereocenters. The summed E-state index contributed by atoms with van der Waals surface area (Å²) in [5.74, 6) is 0. The van der Waals surface area contributed by atoms with E-state index in [1.165, 1.54) is 83.2 Å². The van der Waals surface area contributed by atoms with E-state index < -0.39 is 0 Å². The second kappa shape index (κ2) is 17.2. The molecule has 0 aliphatic heterocycles. The Labute approximate surface area is 376 Å². The summed E-state index contributed by atoms with van der Waals surface area (Å²) in [7, 11) is 0. The Bertz CT molecular complexity index is 3070. The zero-order valence-electron chi connectivity index (χ0n) is 31.6. The molecule has 0 fully saturated rings. The fourth-order valence-electron chi connectivity index (χ4n) is 6.71. The molecule has 9 rings (SSSR count). The fourth-order valence-corrected chi connectivity index (χ4v) is 15.3. The Morgan fingerprint density at radius 1 is 0.483 bits per heavy atom. The molecule has 0 aliphatic rings. The maximum absolute atomic E-state index is 9.13. The molecule has 8 heterocycles. The van der Waals surface area contributed by atoms with Crippen molar-refractivity contribution >= 4 is 123 Å². The third-order valence-corrected chi connectivity index (χ3v) is 18.8. The molecule has 16 heteroatoms. The molecule has 0 spiro atoms. The number of hydrogen-bond acceptors (Lipinski definition) is 16. The van der Waals surface area contributed by atoms with E-state index in [4.69, 9.17) is 21.0 Å². The Balaban J connectivity index is 1.01. The third kappa shape index (κ3) is 7.70. The molecule has 0 saturated carbocycles. The highest BCUT2D eigenvalue weighted by Gasteiger charge is 2.22. The van der Waals surface area contributed by atoms with Gasteiger partial charge >= 0.3 is 0 Å². The highest BCUT2D eigenvalue weighted by molar-refractivity contribution is 7.31. The summed E-state index contributed by atoms with van der Waals surface area (Å²) in [6, 6.07) is 21.4. The van der Waals surface area contributed by atoms with Crippen LogP contribution >= 0.6 is 90.7 Å². The Morgan fingerprint density at radius 3 is 1.27 bits per heavy atom. The smallest absolute Gasteiger partial charge is 0.152 e. The van der Waals surface area contributed by atoms with Crippen molar-refractivity contribution in [3.8, 4) is 83.3 Å². The Hall–Kier alpha value is -5.50. The number of nitrogens with zero attached hydrogens (tertiary/aromatic N) is 8. The molecule has 60 heavy (non-hydrogen) atoms. The van der Waals surface area contributed by atoms with Crippen LogP contribution in [-0.2, 0) is 12.8 Å². The molecule has 0 saturated heterocycles. The summed E-state index contributed by atoms with van der Waals surface area (Å²) in [6.45, 7) is 4.51. The van der Waals surface area contributed by atoms with E-state index >= 15 is 0 Å². The summed E-state index contributed by atoms with van der Waals surface area (Å²) in [5, 5.41) is 42.4. The number of hydrogen-bond donors (Lipinski definition) is 0. The van der Waals surface area contributed by atoms with E-state index in [1.807, 2.05) is 59.3 Å². The van der Waals surface area contributed by atoms with Gasteiger partial charge in [0.2, 0.25) is 0 Å². The minimum atomic E-state index is 0.0522. The lowest BCUT2D eigenvalue weighted by Crippen LogP contribution is -1.85. The summed E-state index contributed by atoms with van der Waals surface area (Å²) in [4.78, 5) is 29.6. The zero-order chi connectivity index (χ0) is 41.3. The van der Waals surface area contributed by atoms with Crippen molar-refractivity contribution < 1.29 is 0 Å². The van der Waals surface area contributed by atoms with Gasteiger partial charge in [-0.15, -0.1) is 90.7 Å². The first kappa shape index (κ1) is 39.9. The van der Waals surface area contributed by atoms with Gasteiger partial charge in [0.25, 0.3) is 0 Å². The third-order valence-electron chi connectivity index (χ3n) is 9.33. The van der Waals surface area contributed by atoms with Crippen LogP contribution in [0.5, 0.6) is 0 Å². The Morgan fingerprint density at radius 2 is 0.867 bits per heavy atom. The first-order chi connectivity index (χ1) is 29.4. The van der Waals surface area contributed by atoms with Gasteiger partial charge in [0.1, 0.15) is 35.4 Å². The first-order valence-corrected chi connectivity index (χ1v) is 25.0. The average Bonchev–Trinajstić information content (AvgIpc) is 4.11. The molecule has 290 valence electrons. The van der Waals surface area contributed by atoms with E-state index in [-0.39, 0.29) is 11.1 Å². The van der Waals surface area contributed by atoms with E-state index in [9.17, 15) is 0 Å². The molecule has 0 amide bonds. The van der Waals surface area contributed by atoms with Crippen molar-refractivity contribution in [1.82, 2.24) is 19.9 Å². The zero-order valence-corrected chi connectivity index (χ0v) is 38.1. The van der Waals surface area contributed by atoms with Crippen molar-refractivity contribution in [2.75, 3.05) is 0 Å². The van der Waals surface area contributed by atoms with E-state index in [0.717, 1.165) is 65.2 Å². The molecular weight excluding hydrogens is 897 g/mol. The van der Waals surface area contributed by atoms with E-state index in [0.29, 0.717) is 0 Å². The summed E-state index contributed by atoms with van der Waals surface area (Å²) in [6.07, 6.45) is 14.4. The van der Waals surface area contributed by atoms with Crippen molar-refractivity contribution in [2.45, 2.75) is 39.5 Å². The molecule has 0 bridgehead atoms. The van der Waals surface area contributed by atoms with Gasteiger partial charge in [0.15, 0.2) is 20.0 Å². The molecule has 0 radical (unpaired) electrons. The van der Waals surface area contributed by atoms with E-state index in [1.54, 1.807) is 69.9 Å². The fraction of sp³-hybridized carbons (Fsp3) is 0.136. The van der Waals surface area contributed by atoms with Crippen LogP contribution in [0.25, 0.3) is 91.4 Å². The molecule has 0 N–H and O–H groups in total. The van der Waals surface area contributed by atoms with Crippen molar-refractivity contribution in [3.05, 3.63) is 93.2 Å². The van der Waals surface area contributed by atoms with Crippen LogP contribution in [0.2, 0.25) is 0 Å². The standard InChI is InChI=1S/C44H26N8S8/c1-3-5-27-29-13-36-30(14-35(29)57-39(27)33-9-7-31(55-33)37-21-51-43(59-37)41-49-19-25(53-41)11-23(15-45)16-46)28(6-4-2)40(58-36)34-10-8-32(56-34)38-22-52-44(60-38)42-50-20-26(54-42)12-24(17-47)18-48/h7-14,19-22H,3-6H2,1-2H3. The van der Waals surface area contributed by atoms with Crippen molar-refractivity contribution in [2.24, 2.45) is 0 Å². The summed E-state index contributed by atoms with van der Waals surface area (Å²) in [5.41, 5.74) is 2.94. The number of thiazole rings is 4. The van der Waals surface area contributed by atoms with Crippen LogP contribution in [0.4, 0.5) is 0 Å². The summed E-state index contributed by atoms with van der Waals surface area (Å²) < 4.78 is 2.65. The molecule has 0 aliphatic carbocycles. The lowest BCUT2D eigenvalue weighted by atomic mass is 10.0. The quantitative estimate of drug-likeness (QED) is 0.110. The number of benzene rings is 1. The van der Waals surface area contributed by atoms with E-state index in [2.05, 4.69) is 70.2 Å². The molecule has 1 aromatic carbocycles. The molecule has 8 aromatic heterocycles. The van der Waals surface area contributed by atoms with Crippen LogP contribution in [-0.4, -0.2) is 19.9 Å². The largest absolute Gasteiger partial charge is 0.241 e. The van der Waals surface area contributed by atoms with Gasteiger partial charge in [-0.3, -0.25) is 0 Å². The maximum atomic E-state index is 9.13. The lowest BCUT2D eigenvalue weighted by molar-refractivity contribution is 0.934. The molecule has 0 unspecified atom stereocenters. The number of aryl methyl sites for hydroxylation is 2. The van der Waals surface area contributed by atoms with Crippen LogP contribution in [0.3, 0.4) is 0 Å². The van der Waals surface area contributed by atoms with Crippen LogP contribution in [0.15, 0.2) is 72.3 Å². The van der Waals surface area contributed by atoms with Crippen LogP contribution < -0.4 is 0 Å².